The number of ether oxygens (including phenoxy) is 1. The molecule has 1 unspecified atom stereocenters. The standard InChI is InChI=1S/C20H22N4O2/c25-20-18-7-8-21-11-19(18)22-15-24(20)14-17-13-23(9-4-10-26-17)12-16-5-2-1-3-6-16/h1-3,5-8,11,15,17H,4,9-10,12-14H2. The second kappa shape index (κ2) is 7.76. The Labute approximate surface area is 152 Å². The van der Waals surface area contributed by atoms with E-state index >= 15 is 0 Å². The molecule has 0 amide bonds. The van der Waals surface area contributed by atoms with E-state index in [1.165, 1.54) is 5.56 Å². The molecule has 4 rings (SSSR count). The zero-order valence-electron chi connectivity index (χ0n) is 14.6. The van der Waals surface area contributed by atoms with Crippen LogP contribution in [0.15, 0.2) is 59.9 Å². The highest BCUT2D eigenvalue weighted by Crippen LogP contribution is 2.12. The molecule has 0 N–H and O–H groups in total. The van der Waals surface area contributed by atoms with Crippen molar-refractivity contribution in [2.45, 2.75) is 25.6 Å². The van der Waals surface area contributed by atoms with Crippen LogP contribution in [-0.2, 0) is 17.8 Å². The first-order valence-electron chi connectivity index (χ1n) is 8.96. The topological polar surface area (TPSA) is 60.2 Å². The minimum atomic E-state index is -0.0418. The minimum absolute atomic E-state index is 0.0278. The first kappa shape index (κ1) is 16.9. The molecule has 0 bridgehead atoms. The van der Waals surface area contributed by atoms with E-state index in [-0.39, 0.29) is 11.7 Å². The van der Waals surface area contributed by atoms with Crippen LogP contribution < -0.4 is 5.56 Å². The van der Waals surface area contributed by atoms with Gasteiger partial charge in [0, 0.05) is 32.4 Å². The van der Waals surface area contributed by atoms with Crippen molar-refractivity contribution in [1.29, 1.82) is 0 Å². The van der Waals surface area contributed by atoms with Crippen molar-refractivity contribution >= 4 is 10.9 Å². The van der Waals surface area contributed by atoms with Crippen LogP contribution in [0.5, 0.6) is 0 Å². The third-order valence-electron chi connectivity index (χ3n) is 4.71. The highest BCUT2D eigenvalue weighted by molar-refractivity contribution is 5.75. The molecule has 1 aliphatic heterocycles. The molecule has 0 saturated carbocycles. The van der Waals surface area contributed by atoms with Gasteiger partial charge in [-0.15, -0.1) is 0 Å². The Bertz CT molecular complexity index is 926. The summed E-state index contributed by atoms with van der Waals surface area (Å²) in [6.45, 7) is 3.93. The van der Waals surface area contributed by atoms with Crippen LogP contribution in [0, 0.1) is 0 Å². The van der Waals surface area contributed by atoms with Gasteiger partial charge in [0.2, 0.25) is 0 Å². The Kier molecular flexibility index (Phi) is 5.04. The molecule has 6 nitrogen and oxygen atoms in total. The summed E-state index contributed by atoms with van der Waals surface area (Å²) in [7, 11) is 0. The molecular weight excluding hydrogens is 328 g/mol. The fourth-order valence-corrected chi connectivity index (χ4v) is 3.42. The molecule has 3 aromatic rings. The lowest BCUT2D eigenvalue weighted by atomic mass is 10.2. The SMILES string of the molecule is O=c1c2ccncc2ncn1CC1CN(Cc2ccccc2)CCCO1. The predicted octanol–water partition coefficient (Wildman–Crippen LogP) is 2.08. The van der Waals surface area contributed by atoms with Crippen LogP contribution in [0.2, 0.25) is 0 Å². The number of fused-ring (bicyclic) bond motifs is 1. The molecule has 1 aliphatic rings. The van der Waals surface area contributed by atoms with Crippen LogP contribution in [0.25, 0.3) is 10.9 Å². The van der Waals surface area contributed by atoms with Gasteiger partial charge in [-0.1, -0.05) is 30.3 Å². The normalized spacial score (nSPS) is 18.7. The maximum absolute atomic E-state index is 12.7. The third kappa shape index (κ3) is 3.81. The van der Waals surface area contributed by atoms with Crippen molar-refractivity contribution < 1.29 is 4.74 Å². The summed E-state index contributed by atoms with van der Waals surface area (Å²) in [5, 5.41) is 0.595. The van der Waals surface area contributed by atoms with Crippen molar-refractivity contribution in [2.24, 2.45) is 0 Å². The van der Waals surface area contributed by atoms with Gasteiger partial charge in [0.15, 0.2) is 0 Å². The molecule has 134 valence electrons. The van der Waals surface area contributed by atoms with Crippen LogP contribution in [-0.4, -0.2) is 45.2 Å². The number of hydrogen-bond acceptors (Lipinski definition) is 5. The van der Waals surface area contributed by atoms with Gasteiger partial charge in [-0.05, 0) is 18.1 Å². The summed E-state index contributed by atoms with van der Waals surface area (Å²) >= 11 is 0. The van der Waals surface area contributed by atoms with Gasteiger partial charge in [0.1, 0.15) is 0 Å². The van der Waals surface area contributed by atoms with E-state index in [4.69, 9.17) is 4.74 Å². The Balaban J connectivity index is 1.50. The molecule has 1 aromatic carbocycles. The monoisotopic (exact) mass is 350 g/mol. The molecule has 0 spiro atoms. The Morgan fingerprint density at radius 1 is 1.19 bits per heavy atom. The molecule has 1 saturated heterocycles. The van der Waals surface area contributed by atoms with E-state index in [9.17, 15) is 4.79 Å². The van der Waals surface area contributed by atoms with Gasteiger partial charge in [-0.25, -0.2) is 4.98 Å². The number of benzene rings is 1. The summed E-state index contributed by atoms with van der Waals surface area (Å²) in [5.74, 6) is 0. The van der Waals surface area contributed by atoms with Crippen molar-refractivity contribution in [3.63, 3.8) is 0 Å². The predicted molar refractivity (Wildman–Crippen MR) is 99.9 cm³/mol. The Morgan fingerprint density at radius 2 is 2.08 bits per heavy atom. The molecule has 1 fully saturated rings. The van der Waals surface area contributed by atoms with Crippen LogP contribution in [0.1, 0.15) is 12.0 Å². The van der Waals surface area contributed by atoms with E-state index in [1.807, 2.05) is 6.07 Å². The molecule has 6 heteroatoms. The maximum Gasteiger partial charge on any atom is 0.261 e. The second-order valence-corrected chi connectivity index (χ2v) is 6.66. The first-order chi connectivity index (χ1) is 12.8. The van der Waals surface area contributed by atoms with Crippen molar-refractivity contribution in [1.82, 2.24) is 19.4 Å². The second-order valence-electron chi connectivity index (χ2n) is 6.66. The van der Waals surface area contributed by atoms with Gasteiger partial charge in [-0.2, -0.15) is 0 Å². The molecule has 2 aromatic heterocycles. The van der Waals surface area contributed by atoms with Crippen molar-refractivity contribution in [3.8, 4) is 0 Å². The van der Waals surface area contributed by atoms with Gasteiger partial charge >= 0.3 is 0 Å². The van der Waals surface area contributed by atoms with Crippen molar-refractivity contribution in [3.05, 3.63) is 71.0 Å². The largest absolute Gasteiger partial charge is 0.375 e. The Morgan fingerprint density at radius 3 is 2.96 bits per heavy atom. The highest BCUT2D eigenvalue weighted by Gasteiger charge is 2.20. The molecule has 3 heterocycles. The molecule has 26 heavy (non-hydrogen) atoms. The molecule has 1 atom stereocenters. The van der Waals surface area contributed by atoms with Crippen LogP contribution in [0.3, 0.4) is 0 Å². The Hall–Kier alpha value is -2.57. The van der Waals surface area contributed by atoms with E-state index in [0.29, 0.717) is 17.4 Å². The van der Waals surface area contributed by atoms with E-state index < -0.39 is 0 Å². The minimum Gasteiger partial charge on any atom is -0.375 e. The number of hydrogen-bond donors (Lipinski definition) is 0. The van der Waals surface area contributed by atoms with Crippen LogP contribution >= 0.6 is 0 Å². The van der Waals surface area contributed by atoms with Gasteiger partial charge in [-0.3, -0.25) is 19.2 Å². The van der Waals surface area contributed by atoms with E-state index in [1.54, 1.807) is 29.4 Å². The zero-order chi connectivity index (χ0) is 17.8. The van der Waals surface area contributed by atoms with Gasteiger partial charge in [0.25, 0.3) is 5.56 Å². The van der Waals surface area contributed by atoms with Gasteiger partial charge < -0.3 is 4.74 Å². The summed E-state index contributed by atoms with van der Waals surface area (Å²) in [4.78, 5) is 23.5. The maximum atomic E-state index is 12.7. The first-order valence-corrected chi connectivity index (χ1v) is 8.96. The van der Waals surface area contributed by atoms with E-state index in [0.717, 1.165) is 32.7 Å². The van der Waals surface area contributed by atoms with Crippen molar-refractivity contribution in [2.75, 3.05) is 19.7 Å². The smallest absolute Gasteiger partial charge is 0.261 e. The van der Waals surface area contributed by atoms with Gasteiger partial charge in [0.05, 0.1) is 36.1 Å². The van der Waals surface area contributed by atoms with E-state index in [2.05, 4.69) is 39.1 Å². The molecule has 0 radical (unpaired) electrons. The lowest BCUT2D eigenvalue weighted by Crippen LogP contribution is -2.36. The lowest BCUT2D eigenvalue weighted by Gasteiger charge is -2.24. The molecular formula is C20H22N4O2. The lowest BCUT2D eigenvalue weighted by molar-refractivity contribution is 0.0407. The van der Waals surface area contributed by atoms with Crippen LogP contribution in [0.4, 0.5) is 0 Å². The summed E-state index contributed by atoms with van der Waals surface area (Å²) in [6, 6.07) is 12.2. The number of rotatable bonds is 4. The fourth-order valence-electron chi connectivity index (χ4n) is 3.42. The number of pyridine rings is 1. The average Bonchev–Trinajstić information content (AvgIpc) is 2.90. The summed E-state index contributed by atoms with van der Waals surface area (Å²) in [6.07, 6.45) is 5.81. The quantitative estimate of drug-likeness (QED) is 0.721. The number of aromatic nitrogens is 3. The third-order valence-corrected chi connectivity index (χ3v) is 4.71. The highest BCUT2D eigenvalue weighted by atomic mass is 16.5. The number of nitrogens with zero attached hydrogens (tertiary/aromatic N) is 4. The summed E-state index contributed by atoms with van der Waals surface area (Å²) in [5.41, 5.74) is 1.88. The fraction of sp³-hybridized carbons (Fsp3) is 0.350. The summed E-state index contributed by atoms with van der Waals surface area (Å²) < 4.78 is 7.65. The average molecular weight is 350 g/mol. The molecule has 0 aliphatic carbocycles. The zero-order valence-corrected chi connectivity index (χ0v) is 14.6.